The fourth-order valence-electron chi connectivity index (χ4n) is 6.11. The van der Waals surface area contributed by atoms with Crippen LogP contribution in [0.1, 0.15) is 120 Å². The Kier molecular flexibility index (Phi) is 18.6. The summed E-state index contributed by atoms with van der Waals surface area (Å²) in [4.78, 5) is 94.5. The third-order valence-corrected chi connectivity index (χ3v) is 8.80. The summed E-state index contributed by atoms with van der Waals surface area (Å²) in [6.45, 7) is 21.4. The second-order valence-corrected chi connectivity index (χ2v) is 18.2. The van der Waals surface area contributed by atoms with Gasteiger partial charge in [0.1, 0.15) is 17.7 Å². The molecule has 1 heterocycles. The van der Waals surface area contributed by atoms with Gasteiger partial charge < -0.3 is 45.7 Å². The highest BCUT2D eigenvalue weighted by Crippen LogP contribution is 2.29. The Hall–Kier alpha value is -4.73. The van der Waals surface area contributed by atoms with E-state index >= 15 is 0 Å². The van der Waals surface area contributed by atoms with Crippen LogP contribution in [0.15, 0.2) is 30.3 Å². The molecule has 1 aliphatic heterocycles. The molecule has 1 saturated heterocycles. The van der Waals surface area contributed by atoms with Crippen LogP contribution in [-0.4, -0.2) is 108 Å². The van der Waals surface area contributed by atoms with Crippen molar-refractivity contribution < 1.29 is 47.8 Å². The smallest absolute Gasteiger partial charge is 0.408 e. The van der Waals surface area contributed by atoms with Gasteiger partial charge in [0.2, 0.25) is 23.5 Å². The average Bonchev–Trinajstić information content (AvgIpc) is 3.53. The molecule has 5 N–H and O–H groups in total. The number of carbonyl (C=O) groups is 7. The fourth-order valence-corrected chi connectivity index (χ4v) is 6.11. The summed E-state index contributed by atoms with van der Waals surface area (Å²) in [7, 11) is 0. The van der Waals surface area contributed by atoms with Crippen molar-refractivity contribution in [2.45, 2.75) is 150 Å². The van der Waals surface area contributed by atoms with Gasteiger partial charge in [-0.3, -0.25) is 24.0 Å². The average molecular weight is 817 g/mol. The van der Waals surface area contributed by atoms with Gasteiger partial charge in [-0.2, -0.15) is 0 Å². The number of likely N-dealkylation sites (tertiary alicyclic amines) is 1. The van der Waals surface area contributed by atoms with Crippen LogP contribution in [0.25, 0.3) is 0 Å². The van der Waals surface area contributed by atoms with Gasteiger partial charge in [0, 0.05) is 19.5 Å². The monoisotopic (exact) mass is 816 g/mol. The normalized spacial score (nSPS) is 17.4. The molecule has 58 heavy (non-hydrogen) atoms. The third kappa shape index (κ3) is 17.4. The van der Waals surface area contributed by atoms with Gasteiger partial charge in [-0.25, -0.2) is 9.59 Å². The number of carbonyl (C=O) groups excluding carboxylic acids is 7. The molecule has 0 spiro atoms. The van der Waals surface area contributed by atoms with Crippen molar-refractivity contribution in [3.63, 3.8) is 0 Å². The minimum absolute atomic E-state index is 0.0393. The summed E-state index contributed by atoms with van der Waals surface area (Å²) in [6.07, 6.45) is -0.588. The maximum Gasteiger partial charge on any atom is 0.408 e. The molecule has 5 atom stereocenters. The van der Waals surface area contributed by atoms with Crippen LogP contribution in [0.2, 0.25) is 0 Å². The lowest BCUT2D eigenvalue weighted by Gasteiger charge is -2.35. The first-order valence-electron chi connectivity index (χ1n) is 20.2. The van der Waals surface area contributed by atoms with Crippen LogP contribution in [0.4, 0.5) is 9.59 Å². The van der Waals surface area contributed by atoms with Crippen molar-refractivity contribution in [2.24, 2.45) is 11.3 Å². The van der Waals surface area contributed by atoms with E-state index in [1.807, 2.05) is 47.6 Å². The molecule has 2 rings (SSSR count). The minimum atomic E-state index is -1.25. The molecule has 1 aliphatic rings. The molecule has 6 amide bonds. The summed E-state index contributed by atoms with van der Waals surface area (Å²) in [5, 5.41) is 13.2. The zero-order valence-corrected chi connectivity index (χ0v) is 36.5. The molecule has 1 fully saturated rings. The second-order valence-electron chi connectivity index (χ2n) is 18.2. The Balaban J connectivity index is 2.20. The van der Waals surface area contributed by atoms with Crippen molar-refractivity contribution in [3.8, 4) is 0 Å². The van der Waals surface area contributed by atoms with Gasteiger partial charge in [-0.1, -0.05) is 84.7 Å². The third-order valence-electron chi connectivity index (χ3n) is 8.80. The maximum atomic E-state index is 14.2. The lowest BCUT2D eigenvalue weighted by atomic mass is 9.85. The van der Waals surface area contributed by atoms with Crippen LogP contribution >= 0.6 is 0 Å². The summed E-state index contributed by atoms with van der Waals surface area (Å²) in [5.74, 6) is -3.76. The molecule has 0 aromatic heterocycles. The van der Waals surface area contributed by atoms with E-state index < -0.39 is 95.0 Å². The number of rotatable bonds is 18. The van der Waals surface area contributed by atoms with Crippen molar-refractivity contribution in [1.82, 2.24) is 31.5 Å². The van der Waals surface area contributed by atoms with E-state index in [4.69, 9.17) is 14.2 Å². The highest BCUT2D eigenvalue weighted by atomic mass is 16.6. The zero-order chi connectivity index (χ0) is 44.0. The molecule has 326 valence electrons. The molecule has 1 aromatic carbocycles. The molecule has 0 bridgehead atoms. The molecular formula is C42H68N6O10. The molecule has 16 nitrogen and oxygen atoms in total. The Labute approximate surface area is 344 Å². The Morgan fingerprint density at radius 1 is 0.828 bits per heavy atom. The van der Waals surface area contributed by atoms with E-state index in [-0.39, 0.29) is 38.5 Å². The number of unbranched alkanes of at least 4 members (excludes halogenated alkanes) is 1. The number of amides is 6. The molecule has 1 aromatic rings. The van der Waals surface area contributed by atoms with Crippen LogP contribution in [0.5, 0.6) is 0 Å². The van der Waals surface area contributed by atoms with Crippen LogP contribution in [0, 0.1) is 11.3 Å². The van der Waals surface area contributed by atoms with Crippen molar-refractivity contribution >= 4 is 41.6 Å². The van der Waals surface area contributed by atoms with Crippen molar-refractivity contribution in [3.05, 3.63) is 35.9 Å². The van der Waals surface area contributed by atoms with E-state index in [2.05, 4.69) is 26.6 Å². The van der Waals surface area contributed by atoms with E-state index in [1.165, 1.54) is 4.90 Å². The standard InChI is InChI=1S/C42H68N6O10/c1-13-14-20-29(33(50)36(52)44-23-32(49)43-22-30(27-18-16-15-17-19-27)46-39(55)58-42(10,11)12)45-35(51)31-21-28(57-41(7,8)9)24-48(31)37(53)34(40(4,5)6)47-38(54)56-25-26(2)3/h15-19,26,28-31,34H,13-14,20-25H2,1-12H3,(H,43,49)(H,44,52)(H,45,51)(H,46,55)(H,47,54)/t28-,29?,30?,31+,34-/m1/s1. The van der Waals surface area contributed by atoms with Gasteiger partial charge in [0.15, 0.2) is 0 Å². The Morgan fingerprint density at radius 2 is 1.47 bits per heavy atom. The number of alkyl carbamates (subject to hydrolysis) is 2. The zero-order valence-electron chi connectivity index (χ0n) is 36.5. The molecular weight excluding hydrogens is 748 g/mol. The lowest BCUT2D eigenvalue weighted by molar-refractivity contribution is -0.144. The maximum absolute atomic E-state index is 14.2. The largest absolute Gasteiger partial charge is 0.449 e. The van der Waals surface area contributed by atoms with E-state index in [9.17, 15) is 33.6 Å². The van der Waals surface area contributed by atoms with Gasteiger partial charge in [-0.05, 0) is 64.9 Å². The SMILES string of the molecule is CCCCC(NC(=O)[C@@H]1C[C@@H](OC(C)(C)C)CN1C(=O)[C@@H](NC(=O)OCC(C)C)C(C)(C)C)C(=O)C(=O)NCC(=O)NCC(NC(=O)OC(C)(C)C)c1ccccc1. The van der Waals surface area contributed by atoms with E-state index in [0.29, 0.717) is 18.4 Å². The van der Waals surface area contributed by atoms with Gasteiger partial charge in [0.05, 0.1) is 36.9 Å². The number of nitrogens with one attached hydrogen (secondary N) is 5. The first-order valence-corrected chi connectivity index (χ1v) is 20.2. The molecule has 0 saturated carbocycles. The second kappa shape index (κ2) is 21.9. The minimum Gasteiger partial charge on any atom is -0.449 e. The fraction of sp³-hybridized carbons (Fsp3) is 0.690. The number of ketones is 1. The van der Waals surface area contributed by atoms with E-state index in [0.717, 1.165) is 0 Å². The summed E-state index contributed by atoms with van der Waals surface area (Å²) < 4.78 is 16.9. The predicted octanol–water partition coefficient (Wildman–Crippen LogP) is 4.31. The van der Waals surface area contributed by atoms with Crippen LogP contribution < -0.4 is 26.6 Å². The summed E-state index contributed by atoms with van der Waals surface area (Å²) in [5.41, 5.74) is -1.42. The molecule has 2 unspecified atom stereocenters. The lowest BCUT2D eigenvalue weighted by Crippen LogP contribution is -2.59. The van der Waals surface area contributed by atoms with Crippen LogP contribution in [-0.2, 0) is 38.2 Å². The van der Waals surface area contributed by atoms with Crippen LogP contribution in [0.3, 0.4) is 0 Å². The highest BCUT2D eigenvalue weighted by molar-refractivity contribution is 6.38. The summed E-state index contributed by atoms with van der Waals surface area (Å²) >= 11 is 0. The van der Waals surface area contributed by atoms with Crippen molar-refractivity contribution in [2.75, 3.05) is 26.2 Å². The number of nitrogens with zero attached hydrogens (tertiary/aromatic N) is 1. The topological polar surface area (TPSA) is 211 Å². The number of hydrogen-bond donors (Lipinski definition) is 5. The first-order chi connectivity index (χ1) is 26.8. The predicted molar refractivity (Wildman–Crippen MR) is 218 cm³/mol. The molecule has 0 aliphatic carbocycles. The number of hydrogen-bond acceptors (Lipinski definition) is 10. The number of benzene rings is 1. The molecule has 0 radical (unpaired) electrons. The molecule has 16 heteroatoms. The number of ether oxygens (including phenoxy) is 3. The summed E-state index contributed by atoms with van der Waals surface area (Å²) in [6, 6.07) is 4.88. The highest BCUT2D eigenvalue weighted by Gasteiger charge is 2.47. The van der Waals surface area contributed by atoms with E-state index in [1.54, 1.807) is 65.8 Å². The van der Waals surface area contributed by atoms with Crippen molar-refractivity contribution in [1.29, 1.82) is 0 Å². The Bertz CT molecular complexity index is 1560. The van der Waals surface area contributed by atoms with Gasteiger partial charge >= 0.3 is 12.2 Å². The Morgan fingerprint density at radius 3 is 2.02 bits per heavy atom. The first kappa shape index (κ1) is 49.4. The quantitative estimate of drug-likeness (QED) is 0.133. The van der Waals surface area contributed by atoms with Gasteiger partial charge in [0.25, 0.3) is 5.91 Å². The van der Waals surface area contributed by atoms with Gasteiger partial charge in [-0.15, -0.1) is 0 Å². The number of Topliss-reactive ketones (excluding diaryl/α,β-unsaturated/α-hetero) is 1.